The van der Waals surface area contributed by atoms with Crippen LogP contribution in [0.5, 0.6) is 5.75 Å². The van der Waals surface area contributed by atoms with Crippen molar-refractivity contribution in [3.8, 4) is 5.75 Å². The largest absolute Gasteiger partial charge is 0.496 e. The topological polar surface area (TPSA) is 15.7 Å². The van der Waals surface area contributed by atoms with E-state index in [2.05, 4.69) is 88.7 Å². The number of benzene rings is 3. The molecule has 0 bridgehead atoms. The number of rotatable bonds is 5. The highest BCUT2D eigenvalue weighted by Gasteiger charge is 2.30. The van der Waals surface area contributed by atoms with Crippen molar-refractivity contribution >= 4 is 17.5 Å². The highest BCUT2D eigenvalue weighted by atomic mass is 16.5. The van der Waals surface area contributed by atoms with Gasteiger partial charge in [-0.2, -0.15) is 0 Å². The first-order valence-corrected chi connectivity index (χ1v) is 9.31. The highest BCUT2D eigenvalue weighted by molar-refractivity contribution is 5.63. The lowest BCUT2D eigenvalue weighted by atomic mass is 10.1. The van der Waals surface area contributed by atoms with E-state index < -0.39 is 0 Å². The van der Waals surface area contributed by atoms with Crippen LogP contribution in [0.4, 0.5) is 11.4 Å². The Morgan fingerprint density at radius 3 is 1.81 bits per heavy atom. The molecule has 3 aromatic carbocycles. The predicted molar refractivity (Wildman–Crippen MR) is 113 cm³/mol. The van der Waals surface area contributed by atoms with Gasteiger partial charge in [-0.05, 0) is 36.4 Å². The molecule has 1 heterocycles. The van der Waals surface area contributed by atoms with Crippen molar-refractivity contribution in [2.75, 3.05) is 30.0 Å². The molecule has 0 atom stereocenters. The quantitative estimate of drug-likeness (QED) is 0.635. The predicted octanol–water partition coefficient (Wildman–Crippen LogP) is 5.06. The maximum absolute atomic E-state index is 5.51. The lowest BCUT2D eigenvalue weighted by Crippen LogP contribution is -2.37. The summed E-state index contributed by atoms with van der Waals surface area (Å²) in [6.07, 6.45) is 4.59. The van der Waals surface area contributed by atoms with Crippen molar-refractivity contribution < 1.29 is 4.74 Å². The molecule has 0 spiro atoms. The molecular weight excluding hydrogens is 332 g/mol. The summed E-state index contributed by atoms with van der Waals surface area (Å²) in [5.74, 6) is 0.893. The molecule has 0 saturated carbocycles. The van der Waals surface area contributed by atoms with Crippen molar-refractivity contribution in [1.82, 2.24) is 0 Å². The molecule has 1 aliphatic heterocycles. The number of methoxy groups -OCH3 is 1. The van der Waals surface area contributed by atoms with Crippen LogP contribution in [0.3, 0.4) is 0 Å². The van der Waals surface area contributed by atoms with Crippen molar-refractivity contribution in [2.45, 2.75) is 6.17 Å². The highest BCUT2D eigenvalue weighted by Crippen LogP contribution is 2.30. The Hall–Kier alpha value is -3.20. The van der Waals surface area contributed by atoms with E-state index in [1.807, 2.05) is 18.2 Å². The number of hydrogen-bond acceptors (Lipinski definition) is 3. The van der Waals surface area contributed by atoms with Gasteiger partial charge in [0.15, 0.2) is 0 Å². The standard InChI is InChI=1S/C24H24N2O/c1-27-23-15-9-8-10-20(23)16-17-24-25(21-11-4-2-5-12-21)18-19-26(24)22-13-6-3-7-14-22/h2-17,24H,18-19H2,1H3. The van der Waals surface area contributed by atoms with Crippen molar-refractivity contribution in [1.29, 1.82) is 0 Å². The molecule has 1 aliphatic rings. The first kappa shape index (κ1) is 17.2. The second-order valence-corrected chi connectivity index (χ2v) is 6.57. The summed E-state index contributed by atoms with van der Waals surface area (Å²) in [4.78, 5) is 4.89. The molecule has 3 aromatic rings. The third kappa shape index (κ3) is 3.68. The normalized spacial score (nSPS) is 14.9. The average Bonchev–Trinajstić information content (AvgIpc) is 3.17. The molecule has 1 saturated heterocycles. The fourth-order valence-corrected chi connectivity index (χ4v) is 3.65. The Kier molecular flexibility index (Phi) is 5.10. The van der Waals surface area contributed by atoms with Crippen LogP contribution < -0.4 is 14.5 Å². The van der Waals surface area contributed by atoms with Crippen LogP contribution in [-0.4, -0.2) is 26.4 Å². The molecular formula is C24H24N2O. The van der Waals surface area contributed by atoms with Crippen molar-refractivity contribution in [3.05, 3.63) is 96.6 Å². The smallest absolute Gasteiger partial charge is 0.126 e. The van der Waals surface area contributed by atoms with E-state index in [9.17, 15) is 0 Å². The third-order valence-electron chi connectivity index (χ3n) is 4.98. The first-order valence-electron chi connectivity index (χ1n) is 9.31. The molecule has 27 heavy (non-hydrogen) atoms. The zero-order valence-corrected chi connectivity index (χ0v) is 15.5. The summed E-state index contributed by atoms with van der Waals surface area (Å²) in [7, 11) is 1.72. The number of para-hydroxylation sites is 3. The summed E-state index contributed by atoms with van der Waals surface area (Å²) >= 11 is 0. The summed E-state index contributed by atoms with van der Waals surface area (Å²) in [5, 5.41) is 0. The van der Waals surface area contributed by atoms with Gasteiger partial charge in [0.05, 0.1) is 7.11 Å². The second-order valence-electron chi connectivity index (χ2n) is 6.57. The molecule has 0 unspecified atom stereocenters. The van der Waals surface area contributed by atoms with E-state index in [4.69, 9.17) is 4.74 Å². The minimum absolute atomic E-state index is 0.153. The summed E-state index contributed by atoms with van der Waals surface area (Å²) < 4.78 is 5.51. The lowest BCUT2D eigenvalue weighted by molar-refractivity contribution is 0.414. The Bertz CT molecular complexity index is 845. The molecule has 3 heteroatoms. The molecule has 0 N–H and O–H groups in total. The zero-order chi connectivity index (χ0) is 18.5. The molecule has 136 valence electrons. The SMILES string of the molecule is COc1ccccc1C=CC1N(c2ccccc2)CCN1c1ccccc1. The molecule has 0 aliphatic carbocycles. The van der Waals surface area contributed by atoms with E-state index in [1.165, 1.54) is 11.4 Å². The Morgan fingerprint density at radius 2 is 1.26 bits per heavy atom. The van der Waals surface area contributed by atoms with Gasteiger partial charge in [0.2, 0.25) is 0 Å². The lowest BCUT2D eigenvalue weighted by Gasteiger charge is -2.30. The van der Waals surface area contributed by atoms with Crippen LogP contribution in [0.1, 0.15) is 5.56 Å². The zero-order valence-electron chi connectivity index (χ0n) is 15.5. The van der Waals surface area contributed by atoms with Gasteiger partial charge in [-0.3, -0.25) is 0 Å². The van der Waals surface area contributed by atoms with Gasteiger partial charge >= 0.3 is 0 Å². The summed E-state index contributed by atoms with van der Waals surface area (Å²) in [6, 6.07) is 29.4. The van der Waals surface area contributed by atoms with Gasteiger partial charge in [-0.15, -0.1) is 0 Å². The molecule has 0 aromatic heterocycles. The van der Waals surface area contributed by atoms with E-state index in [-0.39, 0.29) is 6.17 Å². The van der Waals surface area contributed by atoms with Crippen LogP contribution in [0, 0.1) is 0 Å². The maximum Gasteiger partial charge on any atom is 0.126 e. The molecule has 3 nitrogen and oxygen atoms in total. The fourth-order valence-electron chi connectivity index (χ4n) is 3.65. The van der Waals surface area contributed by atoms with Gasteiger partial charge in [0.25, 0.3) is 0 Å². The monoisotopic (exact) mass is 356 g/mol. The van der Waals surface area contributed by atoms with Crippen LogP contribution >= 0.6 is 0 Å². The van der Waals surface area contributed by atoms with Crippen LogP contribution in [-0.2, 0) is 0 Å². The second kappa shape index (κ2) is 8.00. The van der Waals surface area contributed by atoms with Gasteiger partial charge < -0.3 is 14.5 Å². The van der Waals surface area contributed by atoms with Crippen molar-refractivity contribution in [2.24, 2.45) is 0 Å². The Labute approximate surface area is 161 Å². The van der Waals surface area contributed by atoms with Gasteiger partial charge in [-0.1, -0.05) is 60.7 Å². The summed E-state index contributed by atoms with van der Waals surface area (Å²) in [6.45, 7) is 1.97. The van der Waals surface area contributed by atoms with E-state index >= 15 is 0 Å². The molecule has 0 amide bonds. The van der Waals surface area contributed by atoms with E-state index in [0.29, 0.717) is 0 Å². The maximum atomic E-state index is 5.51. The van der Waals surface area contributed by atoms with Crippen molar-refractivity contribution in [3.63, 3.8) is 0 Å². The first-order chi connectivity index (χ1) is 13.4. The Morgan fingerprint density at radius 1 is 0.741 bits per heavy atom. The fraction of sp³-hybridized carbons (Fsp3) is 0.167. The number of ether oxygens (including phenoxy) is 1. The van der Waals surface area contributed by atoms with Crippen LogP contribution in [0.25, 0.3) is 6.08 Å². The number of anilines is 2. The molecule has 1 fully saturated rings. The van der Waals surface area contributed by atoms with Gasteiger partial charge in [-0.25, -0.2) is 0 Å². The van der Waals surface area contributed by atoms with E-state index in [1.54, 1.807) is 7.11 Å². The van der Waals surface area contributed by atoms with Gasteiger partial charge in [0.1, 0.15) is 11.9 Å². The molecule has 4 rings (SSSR count). The molecule has 0 radical (unpaired) electrons. The number of nitrogens with zero attached hydrogens (tertiary/aromatic N) is 2. The minimum Gasteiger partial charge on any atom is -0.496 e. The summed E-state index contributed by atoms with van der Waals surface area (Å²) in [5.41, 5.74) is 3.57. The van der Waals surface area contributed by atoms with Gasteiger partial charge in [0, 0.05) is 30.0 Å². The minimum atomic E-state index is 0.153. The third-order valence-corrected chi connectivity index (χ3v) is 4.98. The van der Waals surface area contributed by atoms with Crippen LogP contribution in [0.15, 0.2) is 91.0 Å². The van der Waals surface area contributed by atoms with E-state index in [0.717, 1.165) is 24.4 Å². The number of hydrogen-bond donors (Lipinski definition) is 0. The van der Waals surface area contributed by atoms with Crippen LogP contribution in [0.2, 0.25) is 0 Å². The average molecular weight is 356 g/mol. The Balaban J connectivity index is 1.69.